The molecule has 7 heteroatoms. The van der Waals surface area contributed by atoms with Crippen molar-refractivity contribution in [1.29, 1.82) is 0 Å². The van der Waals surface area contributed by atoms with Gasteiger partial charge in [-0.2, -0.15) is 0 Å². The van der Waals surface area contributed by atoms with E-state index >= 15 is 0 Å². The SMILES string of the molecule is CC(C)C[C@@H](B(O)O)n1cc(I)nn1. The number of hydrogen-bond acceptors (Lipinski definition) is 4. The molecule has 14 heavy (non-hydrogen) atoms. The lowest BCUT2D eigenvalue weighted by atomic mass is 9.75. The molecule has 1 atom stereocenters. The van der Waals surface area contributed by atoms with E-state index in [1.165, 1.54) is 4.68 Å². The second kappa shape index (κ2) is 5.08. The largest absolute Gasteiger partial charge is 0.477 e. The van der Waals surface area contributed by atoms with Crippen LogP contribution in [-0.2, 0) is 0 Å². The van der Waals surface area contributed by atoms with Gasteiger partial charge in [-0.3, -0.25) is 4.68 Å². The third-order valence-electron chi connectivity index (χ3n) is 1.88. The van der Waals surface area contributed by atoms with Crippen molar-refractivity contribution in [3.05, 3.63) is 9.90 Å². The van der Waals surface area contributed by atoms with Crippen LogP contribution in [0, 0.1) is 9.62 Å². The Morgan fingerprint density at radius 3 is 2.57 bits per heavy atom. The molecule has 1 aromatic rings. The molecule has 0 aliphatic rings. The summed E-state index contributed by atoms with van der Waals surface area (Å²) in [4.78, 5) is 0. The highest BCUT2D eigenvalue weighted by molar-refractivity contribution is 14.1. The van der Waals surface area contributed by atoms with Crippen LogP contribution in [-0.4, -0.2) is 32.2 Å². The van der Waals surface area contributed by atoms with E-state index in [0.29, 0.717) is 12.3 Å². The minimum atomic E-state index is -1.39. The maximum absolute atomic E-state index is 9.19. The van der Waals surface area contributed by atoms with E-state index < -0.39 is 13.1 Å². The summed E-state index contributed by atoms with van der Waals surface area (Å²) in [5, 5.41) is 26.0. The molecule has 78 valence electrons. The molecular formula is C7H13BIN3O2. The summed E-state index contributed by atoms with van der Waals surface area (Å²) in [6.07, 6.45) is 2.37. The molecule has 0 amide bonds. The Kier molecular flexibility index (Phi) is 4.33. The van der Waals surface area contributed by atoms with Gasteiger partial charge in [0, 0.05) is 0 Å². The lowest BCUT2D eigenvalue weighted by Crippen LogP contribution is -2.30. The molecular weight excluding hydrogens is 296 g/mol. The van der Waals surface area contributed by atoms with Crippen molar-refractivity contribution in [2.24, 2.45) is 5.92 Å². The summed E-state index contributed by atoms with van der Waals surface area (Å²) in [5.74, 6) is -0.0327. The number of halogens is 1. The summed E-state index contributed by atoms with van der Waals surface area (Å²) >= 11 is 2.03. The van der Waals surface area contributed by atoms with Crippen molar-refractivity contribution in [2.75, 3.05) is 0 Å². The Labute approximate surface area is 96.8 Å². The van der Waals surface area contributed by atoms with Gasteiger partial charge in [0.1, 0.15) is 3.70 Å². The third-order valence-corrected chi connectivity index (χ3v) is 2.37. The Hall–Kier alpha value is -0.145. The lowest BCUT2D eigenvalue weighted by molar-refractivity contribution is 0.324. The second-order valence-electron chi connectivity index (χ2n) is 3.63. The second-order valence-corrected chi connectivity index (χ2v) is 4.74. The fourth-order valence-corrected chi connectivity index (χ4v) is 1.65. The first-order valence-electron chi connectivity index (χ1n) is 4.44. The third kappa shape index (κ3) is 3.21. The van der Waals surface area contributed by atoms with E-state index in [1.54, 1.807) is 6.20 Å². The summed E-state index contributed by atoms with van der Waals surface area (Å²) < 4.78 is 2.25. The molecule has 0 spiro atoms. The van der Waals surface area contributed by atoms with Gasteiger partial charge in [0.25, 0.3) is 0 Å². The van der Waals surface area contributed by atoms with Crippen LogP contribution in [0.25, 0.3) is 0 Å². The smallest absolute Gasteiger partial charge is 0.426 e. The number of hydrogen-bond donors (Lipinski definition) is 2. The predicted octanol–water partition coefficient (Wildman–Crippen LogP) is 0.482. The predicted molar refractivity (Wildman–Crippen MR) is 61.4 cm³/mol. The topological polar surface area (TPSA) is 71.2 Å². The van der Waals surface area contributed by atoms with Gasteiger partial charge in [0.2, 0.25) is 0 Å². The summed E-state index contributed by atoms with van der Waals surface area (Å²) in [7, 11) is -1.39. The van der Waals surface area contributed by atoms with E-state index in [1.807, 2.05) is 36.4 Å². The molecule has 0 saturated carbocycles. The minimum Gasteiger partial charge on any atom is -0.426 e. The van der Waals surface area contributed by atoms with E-state index in [-0.39, 0.29) is 0 Å². The van der Waals surface area contributed by atoms with Crippen LogP contribution < -0.4 is 0 Å². The van der Waals surface area contributed by atoms with Crippen LogP contribution in [0.4, 0.5) is 0 Å². The normalized spacial score (nSPS) is 13.3. The van der Waals surface area contributed by atoms with E-state index in [9.17, 15) is 10.0 Å². The first-order chi connectivity index (χ1) is 6.50. The number of nitrogens with zero attached hydrogens (tertiary/aromatic N) is 3. The van der Waals surface area contributed by atoms with Crippen molar-refractivity contribution in [1.82, 2.24) is 15.0 Å². The first-order valence-corrected chi connectivity index (χ1v) is 5.52. The van der Waals surface area contributed by atoms with Gasteiger partial charge in [-0.05, 0) is 34.9 Å². The molecule has 0 aliphatic heterocycles. The quantitative estimate of drug-likeness (QED) is 0.627. The van der Waals surface area contributed by atoms with Crippen molar-refractivity contribution < 1.29 is 10.0 Å². The van der Waals surface area contributed by atoms with Crippen LogP contribution in [0.2, 0.25) is 0 Å². The zero-order valence-corrected chi connectivity index (χ0v) is 10.3. The molecule has 1 rings (SSSR count). The molecule has 0 radical (unpaired) electrons. The maximum Gasteiger partial charge on any atom is 0.477 e. The molecule has 0 aliphatic carbocycles. The summed E-state index contributed by atoms with van der Waals surface area (Å²) in [6.45, 7) is 4.05. The maximum atomic E-state index is 9.19. The van der Waals surface area contributed by atoms with Crippen LogP contribution in [0.3, 0.4) is 0 Å². The molecule has 1 heterocycles. The van der Waals surface area contributed by atoms with Crippen LogP contribution in [0.5, 0.6) is 0 Å². The molecule has 0 aromatic carbocycles. The van der Waals surface area contributed by atoms with Gasteiger partial charge in [0.15, 0.2) is 0 Å². The van der Waals surface area contributed by atoms with Gasteiger partial charge in [-0.15, -0.1) is 5.10 Å². The van der Waals surface area contributed by atoms with Crippen molar-refractivity contribution >= 4 is 29.7 Å². The molecule has 0 saturated heterocycles. The molecule has 2 N–H and O–H groups in total. The molecule has 0 unspecified atom stereocenters. The summed E-state index contributed by atoms with van der Waals surface area (Å²) in [6, 6.07) is 0. The van der Waals surface area contributed by atoms with Gasteiger partial charge in [-0.25, -0.2) is 0 Å². The van der Waals surface area contributed by atoms with Crippen molar-refractivity contribution in [2.45, 2.75) is 26.2 Å². The van der Waals surface area contributed by atoms with Crippen molar-refractivity contribution in [3.8, 4) is 0 Å². The van der Waals surface area contributed by atoms with Crippen LogP contribution in [0.15, 0.2) is 6.20 Å². The molecule has 0 bridgehead atoms. The zero-order chi connectivity index (χ0) is 10.7. The van der Waals surface area contributed by atoms with E-state index in [4.69, 9.17) is 0 Å². The molecule has 0 fully saturated rings. The highest BCUT2D eigenvalue weighted by atomic mass is 127. The van der Waals surface area contributed by atoms with E-state index in [2.05, 4.69) is 10.3 Å². The highest BCUT2D eigenvalue weighted by Crippen LogP contribution is 2.17. The fraction of sp³-hybridized carbons (Fsp3) is 0.714. The van der Waals surface area contributed by atoms with Crippen molar-refractivity contribution in [3.63, 3.8) is 0 Å². The van der Waals surface area contributed by atoms with Gasteiger partial charge >= 0.3 is 7.12 Å². The average molecular weight is 309 g/mol. The minimum absolute atomic E-state index is 0.378. The highest BCUT2D eigenvalue weighted by Gasteiger charge is 2.27. The Morgan fingerprint density at radius 2 is 2.21 bits per heavy atom. The standard InChI is InChI=1S/C7H13BIN3O2/c1-5(2)3-6(8(13)14)12-4-7(9)10-11-12/h4-6,13-14H,3H2,1-2H3/t6-/m0/s1. The first kappa shape index (κ1) is 11.9. The zero-order valence-electron chi connectivity index (χ0n) is 8.13. The van der Waals surface area contributed by atoms with Gasteiger partial charge in [0.05, 0.1) is 12.1 Å². The fourth-order valence-electron chi connectivity index (χ4n) is 1.27. The van der Waals surface area contributed by atoms with Crippen LogP contribution >= 0.6 is 22.6 Å². The number of rotatable bonds is 4. The van der Waals surface area contributed by atoms with E-state index in [0.717, 1.165) is 3.70 Å². The van der Waals surface area contributed by atoms with Gasteiger partial charge in [-0.1, -0.05) is 19.1 Å². The van der Waals surface area contributed by atoms with Crippen LogP contribution in [0.1, 0.15) is 26.2 Å². The molecule has 5 nitrogen and oxygen atoms in total. The molecule has 1 aromatic heterocycles. The van der Waals surface area contributed by atoms with Gasteiger partial charge < -0.3 is 10.0 Å². The Balaban J connectivity index is 2.77. The monoisotopic (exact) mass is 309 g/mol. The summed E-state index contributed by atoms with van der Waals surface area (Å²) in [5.41, 5.74) is 0. The Morgan fingerprint density at radius 1 is 1.57 bits per heavy atom. The average Bonchev–Trinajstić information content (AvgIpc) is 2.46. The lowest BCUT2D eigenvalue weighted by Gasteiger charge is -2.17. The Bertz CT molecular complexity index is 292. The number of aromatic nitrogens is 3.